The molecule has 0 aromatic heterocycles. The molecule has 0 spiro atoms. The van der Waals surface area contributed by atoms with Crippen molar-refractivity contribution in [2.75, 3.05) is 89.4 Å². The monoisotopic (exact) mass is 461 g/mol. The Morgan fingerprint density at radius 1 is 1.06 bits per heavy atom. The summed E-state index contributed by atoms with van der Waals surface area (Å²) in [6, 6.07) is 7.83. The lowest BCUT2D eigenvalue weighted by atomic mass is 10.2. The van der Waals surface area contributed by atoms with Gasteiger partial charge in [0, 0.05) is 50.6 Å². The predicted octanol–water partition coefficient (Wildman–Crippen LogP) is 0.867. The third-order valence-electron chi connectivity index (χ3n) is 5.73. The number of carbonyl (C=O) groups excluding carboxylic acids is 2. The van der Waals surface area contributed by atoms with E-state index in [0.29, 0.717) is 19.1 Å². The van der Waals surface area contributed by atoms with Gasteiger partial charge in [-0.2, -0.15) is 0 Å². The van der Waals surface area contributed by atoms with Gasteiger partial charge in [0.2, 0.25) is 11.8 Å². The average Bonchev–Trinajstić information content (AvgIpc) is 2.78. The molecule has 1 atom stereocenters. The molecule has 2 amide bonds. The predicted molar refractivity (Wildman–Crippen MR) is 130 cm³/mol. The molecule has 0 saturated carbocycles. The van der Waals surface area contributed by atoms with Crippen LogP contribution in [0.4, 0.5) is 11.4 Å². The van der Waals surface area contributed by atoms with Crippen molar-refractivity contribution < 1.29 is 19.1 Å². The second-order valence-corrected chi connectivity index (χ2v) is 9.32. The van der Waals surface area contributed by atoms with Crippen LogP contribution in [0, 0.1) is 5.92 Å². The third kappa shape index (κ3) is 8.92. The lowest BCUT2D eigenvalue weighted by Crippen LogP contribution is -2.49. The van der Waals surface area contributed by atoms with Crippen molar-refractivity contribution in [3.63, 3.8) is 0 Å². The number of likely N-dealkylation sites (N-methyl/N-ethyl adjacent to an activating group) is 1. The Kier molecular flexibility index (Phi) is 9.93. The molecule has 2 aliphatic rings. The van der Waals surface area contributed by atoms with Gasteiger partial charge in [0.15, 0.2) is 0 Å². The second-order valence-electron chi connectivity index (χ2n) is 9.32. The van der Waals surface area contributed by atoms with Gasteiger partial charge in [-0.05, 0) is 37.2 Å². The van der Waals surface area contributed by atoms with E-state index in [9.17, 15) is 9.59 Å². The Morgan fingerprint density at radius 3 is 2.45 bits per heavy atom. The van der Waals surface area contributed by atoms with Gasteiger partial charge in [-0.25, -0.2) is 0 Å². The number of ether oxygens (including phenoxy) is 2. The van der Waals surface area contributed by atoms with Crippen molar-refractivity contribution in [3.8, 4) is 0 Å². The van der Waals surface area contributed by atoms with E-state index in [0.717, 1.165) is 57.3 Å². The molecule has 0 radical (unpaired) electrons. The van der Waals surface area contributed by atoms with Crippen molar-refractivity contribution in [3.05, 3.63) is 24.3 Å². The summed E-state index contributed by atoms with van der Waals surface area (Å²) in [5, 5.41) is 5.84. The standard InChI is InChI=1S/C24H39N5O4/c1-19(2)15-28-8-13-33-22(16-28)14-25-23(30)17-27(3)18-24(31)26-20-4-6-21(7-5-20)29-9-11-32-12-10-29/h4-7,19,22H,8-18H2,1-3H3,(H,25,30)(H,26,31). The van der Waals surface area contributed by atoms with Gasteiger partial charge in [0.25, 0.3) is 0 Å². The SMILES string of the molecule is CC(C)CN1CCOC(CNC(=O)CN(C)CC(=O)Nc2ccc(N3CCOCC3)cc2)C1. The van der Waals surface area contributed by atoms with Crippen LogP contribution in [0.3, 0.4) is 0 Å². The molecule has 1 aromatic carbocycles. The van der Waals surface area contributed by atoms with E-state index in [1.165, 1.54) is 0 Å². The van der Waals surface area contributed by atoms with E-state index in [-0.39, 0.29) is 31.0 Å². The van der Waals surface area contributed by atoms with Crippen molar-refractivity contribution >= 4 is 23.2 Å². The van der Waals surface area contributed by atoms with E-state index in [1.807, 2.05) is 24.3 Å². The van der Waals surface area contributed by atoms with Crippen LogP contribution in [-0.4, -0.2) is 107 Å². The van der Waals surface area contributed by atoms with E-state index in [1.54, 1.807) is 11.9 Å². The summed E-state index contributed by atoms with van der Waals surface area (Å²) in [5.74, 6) is 0.356. The number of rotatable bonds is 10. The Morgan fingerprint density at radius 2 is 1.76 bits per heavy atom. The normalized spacial score (nSPS) is 19.7. The quantitative estimate of drug-likeness (QED) is 0.535. The van der Waals surface area contributed by atoms with Crippen LogP contribution >= 0.6 is 0 Å². The topological polar surface area (TPSA) is 86.4 Å². The molecule has 1 unspecified atom stereocenters. The van der Waals surface area contributed by atoms with Crippen molar-refractivity contribution in [2.24, 2.45) is 5.92 Å². The fraction of sp³-hybridized carbons (Fsp3) is 0.667. The third-order valence-corrected chi connectivity index (χ3v) is 5.73. The summed E-state index contributed by atoms with van der Waals surface area (Å²) in [6.07, 6.45) is 0.00971. The Labute approximate surface area is 197 Å². The summed E-state index contributed by atoms with van der Waals surface area (Å²) >= 11 is 0. The maximum absolute atomic E-state index is 12.4. The maximum atomic E-state index is 12.4. The molecule has 33 heavy (non-hydrogen) atoms. The molecular weight excluding hydrogens is 422 g/mol. The number of hydrogen-bond acceptors (Lipinski definition) is 7. The lowest BCUT2D eigenvalue weighted by molar-refractivity contribution is -0.124. The Hall–Kier alpha value is -2.20. The zero-order valence-corrected chi connectivity index (χ0v) is 20.2. The largest absolute Gasteiger partial charge is 0.378 e. The molecule has 2 N–H and O–H groups in total. The van der Waals surface area contributed by atoms with Gasteiger partial charge < -0.3 is 25.0 Å². The Bertz CT molecular complexity index is 752. The number of carbonyl (C=O) groups is 2. The molecule has 2 fully saturated rings. The lowest BCUT2D eigenvalue weighted by Gasteiger charge is -2.34. The van der Waals surface area contributed by atoms with Gasteiger partial charge in [-0.3, -0.25) is 19.4 Å². The molecule has 0 aliphatic carbocycles. The molecule has 2 aliphatic heterocycles. The summed E-state index contributed by atoms with van der Waals surface area (Å²) < 4.78 is 11.2. The highest BCUT2D eigenvalue weighted by Crippen LogP contribution is 2.19. The molecule has 2 heterocycles. The van der Waals surface area contributed by atoms with Gasteiger partial charge in [0.1, 0.15) is 0 Å². The number of nitrogens with one attached hydrogen (secondary N) is 2. The minimum absolute atomic E-state index is 0.00971. The van der Waals surface area contributed by atoms with Crippen LogP contribution < -0.4 is 15.5 Å². The second kappa shape index (κ2) is 12.9. The molecule has 1 aromatic rings. The van der Waals surface area contributed by atoms with Gasteiger partial charge >= 0.3 is 0 Å². The molecule has 9 heteroatoms. The van der Waals surface area contributed by atoms with E-state index in [2.05, 4.69) is 34.3 Å². The highest BCUT2D eigenvalue weighted by atomic mass is 16.5. The first-order valence-electron chi connectivity index (χ1n) is 11.9. The first-order chi connectivity index (χ1) is 15.9. The van der Waals surface area contributed by atoms with Crippen LogP contribution in [0.25, 0.3) is 0 Å². The highest BCUT2D eigenvalue weighted by molar-refractivity contribution is 5.92. The number of benzene rings is 1. The fourth-order valence-corrected chi connectivity index (χ4v) is 4.19. The van der Waals surface area contributed by atoms with Gasteiger partial charge in [0.05, 0.1) is 39.0 Å². The zero-order chi connectivity index (χ0) is 23.6. The number of hydrogen-bond donors (Lipinski definition) is 2. The van der Waals surface area contributed by atoms with E-state index < -0.39 is 0 Å². The summed E-state index contributed by atoms with van der Waals surface area (Å²) in [6.45, 7) is 11.9. The maximum Gasteiger partial charge on any atom is 0.238 e. The minimum atomic E-state index is -0.149. The number of anilines is 2. The molecule has 0 bridgehead atoms. The van der Waals surface area contributed by atoms with Gasteiger partial charge in [-0.15, -0.1) is 0 Å². The van der Waals surface area contributed by atoms with Crippen LogP contribution in [0.5, 0.6) is 0 Å². The summed E-state index contributed by atoms with van der Waals surface area (Å²) in [4.78, 5) is 31.1. The average molecular weight is 462 g/mol. The van der Waals surface area contributed by atoms with E-state index >= 15 is 0 Å². The van der Waals surface area contributed by atoms with Crippen LogP contribution in [-0.2, 0) is 19.1 Å². The van der Waals surface area contributed by atoms with Crippen LogP contribution in [0.1, 0.15) is 13.8 Å². The van der Waals surface area contributed by atoms with Crippen molar-refractivity contribution in [1.29, 1.82) is 0 Å². The van der Waals surface area contributed by atoms with Crippen LogP contribution in [0.2, 0.25) is 0 Å². The summed E-state index contributed by atoms with van der Waals surface area (Å²) in [5.41, 5.74) is 1.87. The Balaban J connectivity index is 1.34. The van der Waals surface area contributed by atoms with Crippen molar-refractivity contribution in [2.45, 2.75) is 20.0 Å². The van der Waals surface area contributed by atoms with Crippen LogP contribution in [0.15, 0.2) is 24.3 Å². The molecular formula is C24H39N5O4. The molecule has 2 saturated heterocycles. The van der Waals surface area contributed by atoms with Gasteiger partial charge in [-0.1, -0.05) is 13.8 Å². The molecule has 3 rings (SSSR count). The number of amides is 2. The zero-order valence-electron chi connectivity index (χ0n) is 20.2. The number of morpholine rings is 2. The highest BCUT2D eigenvalue weighted by Gasteiger charge is 2.21. The first kappa shape index (κ1) is 25.4. The smallest absolute Gasteiger partial charge is 0.238 e. The molecule has 184 valence electrons. The van der Waals surface area contributed by atoms with E-state index in [4.69, 9.17) is 9.47 Å². The molecule has 9 nitrogen and oxygen atoms in total. The minimum Gasteiger partial charge on any atom is -0.378 e. The fourth-order valence-electron chi connectivity index (χ4n) is 4.19. The van der Waals surface area contributed by atoms with Crippen molar-refractivity contribution in [1.82, 2.24) is 15.1 Å². The first-order valence-corrected chi connectivity index (χ1v) is 11.9. The summed E-state index contributed by atoms with van der Waals surface area (Å²) in [7, 11) is 1.77. The number of nitrogens with zero attached hydrogens (tertiary/aromatic N) is 3.